The van der Waals surface area contributed by atoms with Gasteiger partial charge in [0.05, 0.1) is 0 Å². The van der Waals surface area contributed by atoms with Crippen LogP contribution in [0.4, 0.5) is 11.6 Å². The van der Waals surface area contributed by atoms with Crippen LogP contribution in [-0.2, 0) is 0 Å². The molecule has 1 aromatic rings. The van der Waals surface area contributed by atoms with E-state index in [0.29, 0.717) is 5.92 Å². The molecule has 1 saturated carbocycles. The van der Waals surface area contributed by atoms with Crippen LogP contribution in [0, 0.1) is 6.92 Å². The summed E-state index contributed by atoms with van der Waals surface area (Å²) in [4.78, 5) is 9.40. The fraction of sp³-hybridized carbons (Fsp3) is 0.714. The molecule has 2 rings (SSSR count). The van der Waals surface area contributed by atoms with Gasteiger partial charge in [0.25, 0.3) is 0 Å². The second-order valence-electron chi connectivity index (χ2n) is 5.02. The first-order chi connectivity index (χ1) is 9.26. The van der Waals surface area contributed by atoms with Crippen molar-refractivity contribution in [2.45, 2.75) is 39.0 Å². The largest absolute Gasteiger partial charge is 0.370 e. The Morgan fingerprint density at radius 1 is 1.16 bits per heavy atom. The topological polar surface area (TPSA) is 49.8 Å². The van der Waals surface area contributed by atoms with Crippen molar-refractivity contribution in [3.05, 3.63) is 11.4 Å². The molecule has 106 valence electrons. The van der Waals surface area contributed by atoms with Crippen molar-refractivity contribution in [3.63, 3.8) is 0 Å². The fourth-order valence-electron chi connectivity index (χ4n) is 1.92. The van der Waals surface area contributed by atoms with Crippen LogP contribution in [0.25, 0.3) is 0 Å². The number of hydrogen-bond donors (Lipinski definition) is 2. The summed E-state index contributed by atoms with van der Waals surface area (Å²) in [5.41, 5.74) is 1.14. The minimum atomic E-state index is 0.587. The van der Waals surface area contributed by atoms with Gasteiger partial charge in [0.1, 0.15) is 17.5 Å². The zero-order valence-electron chi connectivity index (χ0n) is 12.1. The van der Waals surface area contributed by atoms with Crippen LogP contribution in [0.15, 0.2) is 0 Å². The van der Waals surface area contributed by atoms with E-state index in [9.17, 15) is 0 Å². The Morgan fingerprint density at radius 3 is 2.32 bits per heavy atom. The van der Waals surface area contributed by atoms with Gasteiger partial charge >= 0.3 is 0 Å². The molecule has 5 heteroatoms. The van der Waals surface area contributed by atoms with E-state index in [0.717, 1.165) is 48.3 Å². The summed E-state index contributed by atoms with van der Waals surface area (Å²) in [6, 6.07) is 0. The van der Waals surface area contributed by atoms with Crippen LogP contribution < -0.4 is 10.6 Å². The van der Waals surface area contributed by atoms with Crippen molar-refractivity contribution in [1.29, 1.82) is 0 Å². The zero-order chi connectivity index (χ0) is 13.7. The summed E-state index contributed by atoms with van der Waals surface area (Å²) >= 11 is 1.85. The molecule has 0 unspecified atom stereocenters. The van der Waals surface area contributed by atoms with E-state index in [2.05, 4.69) is 30.7 Å². The van der Waals surface area contributed by atoms with Gasteiger partial charge in [-0.2, -0.15) is 11.8 Å². The normalized spacial score (nSPS) is 14.5. The molecule has 1 aliphatic carbocycles. The van der Waals surface area contributed by atoms with E-state index >= 15 is 0 Å². The van der Waals surface area contributed by atoms with E-state index in [4.69, 9.17) is 9.97 Å². The van der Waals surface area contributed by atoms with Crippen LogP contribution in [0.5, 0.6) is 0 Å². The van der Waals surface area contributed by atoms with Gasteiger partial charge in [-0.05, 0) is 32.4 Å². The number of rotatable bonds is 8. The maximum absolute atomic E-state index is 4.70. The average Bonchev–Trinajstić information content (AvgIpc) is 3.24. The first-order valence-electron chi connectivity index (χ1n) is 7.11. The molecule has 0 radical (unpaired) electrons. The van der Waals surface area contributed by atoms with Crippen LogP contribution in [-0.4, -0.2) is 35.1 Å². The molecule has 4 nitrogen and oxygen atoms in total. The molecular weight excluding hydrogens is 256 g/mol. The predicted octanol–water partition coefficient (Wildman–Crippen LogP) is 3.26. The van der Waals surface area contributed by atoms with Crippen LogP contribution in [0.2, 0.25) is 0 Å². The maximum atomic E-state index is 4.70. The van der Waals surface area contributed by atoms with E-state index in [1.54, 1.807) is 0 Å². The molecule has 0 aliphatic heterocycles. The zero-order valence-corrected chi connectivity index (χ0v) is 12.9. The molecule has 0 atom stereocenters. The molecule has 0 amide bonds. The molecule has 0 bridgehead atoms. The lowest BCUT2D eigenvalue weighted by molar-refractivity contribution is 0.898. The van der Waals surface area contributed by atoms with E-state index in [-0.39, 0.29) is 0 Å². The van der Waals surface area contributed by atoms with E-state index < -0.39 is 0 Å². The van der Waals surface area contributed by atoms with Crippen LogP contribution >= 0.6 is 11.8 Å². The number of nitrogens with one attached hydrogen (secondary N) is 2. The van der Waals surface area contributed by atoms with Gasteiger partial charge in [-0.3, -0.25) is 0 Å². The number of hydrogen-bond acceptors (Lipinski definition) is 5. The lowest BCUT2D eigenvalue weighted by atomic mass is 10.2. The minimum absolute atomic E-state index is 0.587. The Bertz CT molecular complexity index is 418. The molecular formula is C14H24N4S. The second kappa shape index (κ2) is 6.98. The minimum Gasteiger partial charge on any atom is -0.370 e. The van der Waals surface area contributed by atoms with Crippen molar-refractivity contribution in [2.24, 2.45) is 0 Å². The van der Waals surface area contributed by atoms with Gasteiger partial charge in [-0.25, -0.2) is 9.97 Å². The van der Waals surface area contributed by atoms with Crippen molar-refractivity contribution in [1.82, 2.24) is 9.97 Å². The maximum Gasteiger partial charge on any atom is 0.136 e. The Balaban J connectivity index is 2.16. The molecule has 2 N–H and O–H groups in total. The van der Waals surface area contributed by atoms with Gasteiger partial charge < -0.3 is 10.6 Å². The van der Waals surface area contributed by atoms with Crippen molar-refractivity contribution in [3.8, 4) is 0 Å². The SMILES string of the molecule is CCCNc1nc(C2CC2)nc(NCCSC)c1C. The molecule has 0 spiro atoms. The van der Waals surface area contributed by atoms with Crippen molar-refractivity contribution >= 4 is 23.4 Å². The van der Waals surface area contributed by atoms with Crippen LogP contribution in [0.1, 0.15) is 43.5 Å². The van der Waals surface area contributed by atoms with Crippen molar-refractivity contribution in [2.75, 3.05) is 35.7 Å². The molecule has 1 aromatic heterocycles. The second-order valence-corrected chi connectivity index (χ2v) is 6.01. The summed E-state index contributed by atoms with van der Waals surface area (Å²) in [5, 5.41) is 6.86. The molecule has 0 aromatic carbocycles. The van der Waals surface area contributed by atoms with Crippen LogP contribution in [0.3, 0.4) is 0 Å². The highest BCUT2D eigenvalue weighted by Gasteiger charge is 2.28. The number of anilines is 2. The lowest BCUT2D eigenvalue weighted by Crippen LogP contribution is -2.13. The summed E-state index contributed by atoms with van der Waals surface area (Å²) in [6.45, 7) is 6.18. The number of aromatic nitrogens is 2. The number of thioether (sulfide) groups is 1. The third-order valence-corrected chi connectivity index (χ3v) is 3.86. The third kappa shape index (κ3) is 4.00. The Morgan fingerprint density at radius 2 is 1.79 bits per heavy atom. The number of nitrogens with zero attached hydrogens (tertiary/aromatic N) is 2. The first kappa shape index (κ1) is 14.4. The molecule has 1 heterocycles. The molecule has 1 fully saturated rings. The highest BCUT2D eigenvalue weighted by atomic mass is 32.2. The Labute approximate surface area is 120 Å². The van der Waals surface area contributed by atoms with E-state index in [1.165, 1.54) is 12.8 Å². The summed E-state index contributed by atoms with van der Waals surface area (Å²) in [5.74, 6) is 4.70. The summed E-state index contributed by atoms with van der Waals surface area (Å²) < 4.78 is 0. The monoisotopic (exact) mass is 280 g/mol. The molecule has 19 heavy (non-hydrogen) atoms. The summed E-state index contributed by atoms with van der Waals surface area (Å²) in [7, 11) is 0. The van der Waals surface area contributed by atoms with Crippen molar-refractivity contribution < 1.29 is 0 Å². The Hall–Kier alpha value is -0.970. The molecule has 1 aliphatic rings. The standard InChI is InChI=1S/C14H24N4S/c1-4-7-15-12-10(2)13(16-8-9-19-3)18-14(17-12)11-5-6-11/h11H,4-9H2,1-3H3,(H2,15,16,17,18). The third-order valence-electron chi connectivity index (χ3n) is 3.25. The fourth-order valence-corrected chi connectivity index (χ4v) is 2.22. The highest BCUT2D eigenvalue weighted by Crippen LogP contribution is 2.39. The van der Waals surface area contributed by atoms with Gasteiger partial charge in [-0.15, -0.1) is 0 Å². The van der Waals surface area contributed by atoms with Gasteiger partial charge in [0.2, 0.25) is 0 Å². The molecule has 0 saturated heterocycles. The van der Waals surface area contributed by atoms with Gasteiger partial charge in [-0.1, -0.05) is 6.92 Å². The van der Waals surface area contributed by atoms with E-state index in [1.807, 2.05) is 11.8 Å². The Kier molecular flexibility index (Phi) is 5.31. The summed E-state index contributed by atoms with van der Waals surface area (Å²) in [6.07, 6.45) is 5.71. The van der Waals surface area contributed by atoms with Gasteiger partial charge in [0.15, 0.2) is 0 Å². The average molecular weight is 280 g/mol. The smallest absolute Gasteiger partial charge is 0.136 e. The highest BCUT2D eigenvalue weighted by molar-refractivity contribution is 7.98. The predicted molar refractivity (Wildman–Crippen MR) is 84.4 cm³/mol. The quantitative estimate of drug-likeness (QED) is 0.716. The first-order valence-corrected chi connectivity index (χ1v) is 8.50. The lowest BCUT2D eigenvalue weighted by Gasteiger charge is -2.14. The van der Waals surface area contributed by atoms with Gasteiger partial charge in [0, 0.05) is 30.3 Å².